The van der Waals surface area contributed by atoms with Crippen LogP contribution in [-0.2, 0) is 4.79 Å². The lowest BCUT2D eigenvalue weighted by molar-refractivity contribution is -0.139. The highest BCUT2D eigenvalue weighted by atomic mass is 32.2. The summed E-state index contributed by atoms with van der Waals surface area (Å²) in [6, 6.07) is -0.849. The number of nitrogens with zero attached hydrogens (tertiary/aromatic N) is 1. The van der Waals surface area contributed by atoms with E-state index in [1.807, 2.05) is 0 Å². The van der Waals surface area contributed by atoms with Gasteiger partial charge in [-0.2, -0.15) is 0 Å². The Balaban J connectivity index is 3.84. The van der Waals surface area contributed by atoms with Gasteiger partial charge in [0.1, 0.15) is 11.9 Å². The van der Waals surface area contributed by atoms with Gasteiger partial charge in [-0.15, -0.1) is 0 Å². The zero-order valence-electron chi connectivity index (χ0n) is 10.5. The van der Waals surface area contributed by atoms with Crippen molar-refractivity contribution >= 4 is 28.8 Å². The van der Waals surface area contributed by atoms with Crippen LogP contribution in [0, 0.1) is 0 Å². The van der Waals surface area contributed by atoms with Crippen molar-refractivity contribution in [3.63, 3.8) is 0 Å². The molecule has 0 aromatic rings. The minimum atomic E-state index is -1.03. The van der Waals surface area contributed by atoms with Crippen molar-refractivity contribution in [3.05, 3.63) is 0 Å². The first-order valence-corrected chi connectivity index (χ1v) is 6.73. The molecule has 0 aliphatic rings. The monoisotopic (exact) mass is 277 g/mol. The predicted octanol–water partition coefficient (Wildman–Crippen LogP) is 1.08. The van der Waals surface area contributed by atoms with Gasteiger partial charge in [0.15, 0.2) is 0 Å². The fourth-order valence-corrected chi connectivity index (χ4v) is 1.50. The molecular formula is C10H19N3O4S. The molecule has 0 aromatic heterocycles. The van der Waals surface area contributed by atoms with Crippen LogP contribution in [0.15, 0.2) is 5.16 Å². The molecule has 0 aromatic carbocycles. The maximum Gasteiger partial charge on any atom is 0.326 e. The fourth-order valence-electron chi connectivity index (χ4n) is 1.24. The Hall–Kier alpha value is -1.44. The maximum absolute atomic E-state index is 11.1. The number of carbonyl (C=O) groups is 2. The molecule has 0 saturated carbocycles. The molecule has 18 heavy (non-hydrogen) atoms. The van der Waals surface area contributed by atoms with Gasteiger partial charge in [0.2, 0.25) is 0 Å². The van der Waals surface area contributed by atoms with Crippen LogP contribution in [0.25, 0.3) is 0 Å². The Labute approximate surface area is 110 Å². The van der Waals surface area contributed by atoms with Crippen molar-refractivity contribution in [2.45, 2.75) is 32.2 Å². The van der Waals surface area contributed by atoms with E-state index in [0.717, 1.165) is 18.2 Å². The van der Waals surface area contributed by atoms with Crippen LogP contribution in [0.3, 0.4) is 0 Å². The van der Waals surface area contributed by atoms with Crippen LogP contribution in [0.1, 0.15) is 26.2 Å². The van der Waals surface area contributed by atoms with E-state index in [0.29, 0.717) is 25.2 Å². The second-order valence-corrected chi connectivity index (χ2v) is 4.41. The fraction of sp³-hybridized carbons (Fsp3) is 0.700. The summed E-state index contributed by atoms with van der Waals surface area (Å²) in [7, 11) is 0. The number of aliphatic carboxylic acids is 1. The molecule has 0 saturated heterocycles. The molecule has 0 rings (SSSR count). The average molecular weight is 277 g/mol. The van der Waals surface area contributed by atoms with Gasteiger partial charge in [-0.1, -0.05) is 16.9 Å². The molecule has 0 radical (unpaired) electrons. The Morgan fingerprint density at radius 1 is 1.39 bits per heavy atom. The molecule has 0 bridgehead atoms. The summed E-state index contributed by atoms with van der Waals surface area (Å²) in [5, 5.41) is 25.2. The molecule has 4 N–H and O–H groups in total. The molecule has 0 unspecified atom stereocenters. The molecular weight excluding hydrogens is 258 g/mol. The van der Waals surface area contributed by atoms with Crippen LogP contribution >= 0.6 is 11.8 Å². The highest BCUT2D eigenvalue weighted by Gasteiger charge is 2.18. The van der Waals surface area contributed by atoms with Gasteiger partial charge in [0.25, 0.3) is 5.24 Å². The number of thioether (sulfide) groups is 1. The summed E-state index contributed by atoms with van der Waals surface area (Å²) in [4.78, 5) is 22.0. The first kappa shape index (κ1) is 16.6. The summed E-state index contributed by atoms with van der Waals surface area (Å²) >= 11 is 0.952. The van der Waals surface area contributed by atoms with Gasteiger partial charge in [0.05, 0.1) is 0 Å². The van der Waals surface area contributed by atoms with Crippen LogP contribution in [0.5, 0.6) is 0 Å². The van der Waals surface area contributed by atoms with E-state index in [-0.39, 0.29) is 5.24 Å². The molecule has 0 heterocycles. The van der Waals surface area contributed by atoms with Crippen molar-refractivity contribution in [1.29, 1.82) is 0 Å². The molecule has 104 valence electrons. The Morgan fingerprint density at radius 2 is 2.06 bits per heavy atom. The molecule has 0 fully saturated rings. The van der Waals surface area contributed by atoms with E-state index in [9.17, 15) is 9.59 Å². The molecule has 0 aliphatic heterocycles. The number of rotatable bonds is 7. The number of unbranched alkanes of at least 4 members (excludes halogenated alkanes) is 1. The van der Waals surface area contributed by atoms with Gasteiger partial charge in [0, 0.05) is 6.54 Å². The number of carboxylic acids is 1. The van der Waals surface area contributed by atoms with Crippen molar-refractivity contribution in [3.8, 4) is 0 Å². The summed E-state index contributed by atoms with van der Waals surface area (Å²) in [5.41, 5.74) is 0. The van der Waals surface area contributed by atoms with Gasteiger partial charge in [-0.05, 0) is 32.4 Å². The van der Waals surface area contributed by atoms with Gasteiger partial charge < -0.3 is 20.9 Å². The number of hydrogen-bond acceptors (Lipinski definition) is 5. The second-order valence-electron chi connectivity index (χ2n) is 3.63. The van der Waals surface area contributed by atoms with E-state index in [1.54, 1.807) is 13.2 Å². The maximum atomic E-state index is 11.1. The SMILES string of the molecule is CSC(=O)N[C@@H](CCCCNC(C)=NO)C(=O)O. The van der Waals surface area contributed by atoms with E-state index < -0.39 is 12.0 Å². The number of amides is 1. The topological polar surface area (TPSA) is 111 Å². The lowest BCUT2D eigenvalue weighted by atomic mass is 10.1. The Bertz CT molecular complexity index is 309. The highest BCUT2D eigenvalue weighted by molar-refractivity contribution is 8.12. The number of hydrogen-bond donors (Lipinski definition) is 4. The summed E-state index contributed by atoms with van der Waals surface area (Å²) < 4.78 is 0. The molecule has 7 nitrogen and oxygen atoms in total. The Kier molecular flexibility index (Phi) is 8.81. The summed E-state index contributed by atoms with van der Waals surface area (Å²) in [5.74, 6) is -0.612. The van der Waals surface area contributed by atoms with Crippen molar-refractivity contribution in [2.75, 3.05) is 12.8 Å². The number of carbonyl (C=O) groups excluding carboxylic acids is 1. The number of oxime groups is 1. The zero-order chi connectivity index (χ0) is 14.0. The molecule has 1 amide bonds. The van der Waals surface area contributed by atoms with Crippen molar-refractivity contribution in [2.24, 2.45) is 5.16 Å². The number of nitrogens with one attached hydrogen (secondary N) is 2. The van der Waals surface area contributed by atoms with E-state index in [2.05, 4.69) is 15.8 Å². The molecule has 0 aliphatic carbocycles. The molecule has 0 spiro atoms. The van der Waals surface area contributed by atoms with E-state index in [4.69, 9.17) is 10.3 Å². The lowest BCUT2D eigenvalue weighted by Crippen LogP contribution is -2.38. The third-order valence-electron chi connectivity index (χ3n) is 2.23. The van der Waals surface area contributed by atoms with Crippen LogP contribution in [-0.4, -0.2) is 46.2 Å². The lowest BCUT2D eigenvalue weighted by Gasteiger charge is -2.13. The number of amidine groups is 1. The Morgan fingerprint density at radius 3 is 2.56 bits per heavy atom. The quantitative estimate of drug-likeness (QED) is 0.182. The summed E-state index contributed by atoms with van der Waals surface area (Å²) in [6.45, 7) is 2.22. The van der Waals surface area contributed by atoms with Gasteiger partial charge in [-0.25, -0.2) is 4.79 Å². The highest BCUT2D eigenvalue weighted by Crippen LogP contribution is 2.04. The van der Waals surface area contributed by atoms with Gasteiger partial charge >= 0.3 is 5.97 Å². The summed E-state index contributed by atoms with van der Waals surface area (Å²) in [6.07, 6.45) is 3.34. The van der Waals surface area contributed by atoms with Crippen molar-refractivity contribution < 1.29 is 19.9 Å². The van der Waals surface area contributed by atoms with Crippen LogP contribution < -0.4 is 10.6 Å². The normalized spacial score (nSPS) is 12.9. The van der Waals surface area contributed by atoms with Gasteiger partial charge in [-0.3, -0.25) is 4.79 Å². The molecule has 1 atom stereocenters. The van der Waals surface area contributed by atoms with E-state index >= 15 is 0 Å². The largest absolute Gasteiger partial charge is 0.480 e. The minimum absolute atomic E-state index is 0.344. The van der Waals surface area contributed by atoms with Crippen LogP contribution in [0.4, 0.5) is 4.79 Å². The smallest absolute Gasteiger partial charge is 0.326 e. The van der Waals surface area contributed by atoms with Crippen molar-refractivity contribution in [1.82, 2.24) is 10.6 Å². The number of carboxylic acid groups (broad SMARTS) is 1. The predicted molar refractivity (Wildman–Crippen MR) is 70.2 cm³/mol. The third kappa shape index (κ3) is 7.77. The second kappa shape index (κ2) is 9.58. The minimum Gasteiger partial charge on any atom is -0.480 e. The molecule has 8 heteroatoms. The zero-order valence-corrected chi connectivity index (χ0v) is 11.3. The third-order valence-corrected chi connectivity index (χ3v) is 2.71. The first-order valence-electron chi connectivity index (χ1n) is 5.51. The first-order chi connectivity index (χ1) is 8.51. The van der Waals surface area contributed by atoms with Crippen LogP contribution in [0.2, 0.25) is 0 Å². The average Bonchev–Trinajstić information content (AvgIpc) is 2.35. The standard InChI is InChI=1S/C10H19N3O4S/c1-7(13-17)11-6-4-3-5-8(9(14)15)12-10(16)18-2/h8,17H,3-6H2,1-2H3,(H,11,13)(H,12,16)(H,14,15)/t8-/m0/s1. The van der Waals surface area contributed by atoms with E-state index in [1.165, 1.54) is 0 Å².